The number of amides is 2. The van der Waals surface area contributed by atoms with Gasteiger partial charge in [-0.15, -0.1) is 0 Å². The first-order chi connectivity index (χ1) is 14.0. The van der Waals surface area contributed by atoms with Crippen molar-refractivity contribution in [2.75, 3.05) is 34.8 Å². The molecule has 2 aliphatic heterocycles. The van der Waals surface area contributed by atoms with Crippen LogP contribution >= 0.6 is 0 Å². The van der Waals surface area contributed by atoms with Crippen LogP contribution in [0.2, 0.25) is 0 Å². The maximum absolute atomic E-state index is 12.7. The van der Waals surface area contributed by atoms with Gasteiger partial charge in [0.05, 0.1) is 12.2 Å². The van der Waals surface area contributed by atoms with Crippen LogP contribution in [0.4, 0.5) is 17.1 Å². The average molecular weight is 393 g/mol. The molecule has 2 aromatic rings. The summed E-state index contributed by atoms with van der Waals surface area (Å²) in [6, 6.07) is 15.4. The van der Waals surface area contributed by atoms with E-state index in [2.05, 4.69) is 24.1 Å². The van der Waals surface area contributed by atoms with Crippen LogP contribution in [0.25, 0.3) is 0 Å². The SMILES string of the molecule is C[C@@H]1CN(c2ccc(NC(=O)C(=O)N3CCCc4ccccc43)cc2)C[C@H](C)O1. The highest BCUT2D eigenvalue weighted by Crippen LogP contribution is 2.27. The van der Waals surface area contributed by atoms with E-state index in [1.165, 1.54) is 0 Å². The van der Waals surface area contributed by atoms with E-state index >= 15 is 0 Å². The number of para-hydroxylation sites is 1. The fourth-order valence-corrected chi connectivity index (χ4v) is 4.20. The second kappa shape index (κ2) is 8.25. The third-order valence-corrected chi connectivity index (χ3v) is 5.46. The average Bonchev–Trinajstić information content (AvgIpc) is 2.72. The number of nitrogens with one attached hydrogen (secondary N) is 1. The first kappa shape index (κ1) is 19.5. The second-order valence-electron chi connectivity index (χ2n) is 7.85. The molecule has 4 rings (SSSR count). The first-order valence-electron chi connectivity index (χ1n) is 10.2. The van der Waals surface area contributed by atoms with Gasteiger partial charge in [0.25, 0.3) is 0 Å². The number of hydrogen-bond donors (Lipinski definition) is 1. The molecule has 0 aliphatic carbocycles. The Labute approximate surface area is 171 Å². The van der Waals surface area contributed by atoms with Crippen molar-refractivity contribution in [3.05, 3.63) is 54.1 Å². The van der Waals surface area contributed by atoms with Gasteiger partial charge in [0.1, 0.15) is 0 Å². The van der Waals surface area contributed by atoms with Crippen LogP contribution in [-0.4, -0.2) is 43.7 Å². The van der Waals surface area contributed by atoms with Crippen molar-refractivity contribution in [3.63, 3.8) is 0 Å². The third-order valence-electron chi connectivity index (χ3n) is 5.46. The lowest BCUT2D eigenvalue weighted by Gasteiger charge is -2.36. The van der Waals surface area contributed by atoms with Gasteiger partial charge in [-0.05, 0) is 62.6 Å². The molecule has 6 nitrogen and oxygen atoms in total. The number of aryl methyl sites for hydroxylation is 1. The van der Waals surface area contributed by atoms with E-state index < -0.39 is 11.8 Å². The maximum Gasteiger partial charge on any atom is 0.316 e. The maximum atomic E-state index is 12.7. The fraction of sp³-hybridized carbons (Fsp3) is 0.391. The molecule has 2 amide bonds. The molecule has 0 unspecified atom stereocenters. The van der Waals surface area contributed by atoms with Crippen LogP contribution in [-0.2, 0) is 20.7 Å². The van der Waals surface area contributed by atoms with Crippen LogP contribution in [0.1, 0.15) is 25.8 Å². The van der Waals surface area contributed by atoms with Gasteiger partial charge < -0.3 is 19.9 Å². The Morgan fingerprint density at radius 2 is 1.69 bits per heavy atom. The highest BCUT2D eigenvalue weighted by atomic mass is 16.5. The van der Waals surface area contributed by atoms with Gasteiger partial charge in [-0.1, -0.05) is 18.2 Å². The molecule has 0 spiro atoms. The lowest BCUT2D eigenvalue weighted by Crippen LogP contribution is -2.45. The van der Waals surface area contributed by atoms with Crippen molar-refractivity contribution < 1.29 is 14.3 Å². The molecule has 0 saturated carbocycles. The Morgan fingerprint density at radius 1 is 1.00 bits per heavy atom. The summed E-state index contributed by atoms with van der Waals surface area (Å²) in [5.41, 5.74) is 3.65. The van der Waals surface area contributed by atoms with E-state index in [-0.39, 0.29) is 12.2 Å². The molecule has 1 fully saturated rings. The largest absolute Gasteiger partial charge is 0.372 e. The summed E-state index contributed by atoms with van der Waals surface area (Å²) in [7, 11) is 0. The van der Waals surface area contributed by atoms with Crippen LogP contribution < -0.4 is 15.1 Å². The molecule has 2 heterocycles. The molecule has 0 aromatic heterocycles. The van der Waals surface area contributed by atoms with Gasteiger partial charge in [-0.2, -0.15) is 0 Å². The fourth-order valence-electron chi connectivity index (χ4n) is 4.20. The van der Waals surface area contributed by atoms with Crippen molar-refractivity contribution in [2.45, 2.75) is 38.9 Å². The van der Waals surface area contributed by atoms with Gasteiger partial charge in [-0.25, -0.2) is 0 Å². The van der Waals surface area contributed by atoms with Gasteiger partial charge in [0.15, 0.2) is 0 Å². The summed E-state index contributed by atoms with van der Waals surface area (Å²) in [4.78, 5) is 29.2. The number of anilines is 3. The van der Waals surface area contributed by atoms with E-state index in [1.807, 2.05) is 48.5 Å². The normalized spacial score (nSPS) is 21.4. The Morgan fingerprint density at radius 3 is 2.41 bits per heavy atom. The van der Waals surface area contributed by atoms with Gasteiger partial charge >= 0.3 is 11.8 Å². The molecule has 0 bridgehead atoms. The molecular weight excluding hydrogens is 366 g/mol. The van der Waals surface area contributed by atoms with Crippen molar-refractivity contribution in [2.24, 2.45) is 0 Å². The predicted octanol–water partition coefficient (Wildman–Crippen LogP) is 3.22. The second-order valence-corrected chi connectivity index (χ2v) is 7.85. The predicted molar refractivity (Wildman–Crippen MR) is 114 cm³/mol. The number of carbonyl (C=O) groups is 2. The molecule has 29 heavy (non-hydrogen) atoms. The monoisotopic (exact) mass is 393 g/mol. The zero-order valence-electron chi connectivity index (χ0n) is 16.9. The number of fused-ring (bicyclic) bond motifs is 1. The number of rotatable bonds is 2. The highest BCUT2D eigenvalue weighted by Gasteiger charge is 2.27. The number of carbonyl (C=O) groups excluding carboxylic acids is 2. The molecule has 0 radical (unpaired) electrons. The summed E-state index contributed by atoms with van der Waals surface area (Å²) < 4.78 is 5.78. The van der Waals surface area contributed by atoms with Crippen LogP contribution in [0, 0.1) is 0 Å². The Bertz CT molecular complexity index is 886. The molecule has 2 atom stereocenters. The first-order valence-corrected chi connectivity index (χ1v) is 10.2. The summed E-state index contributed by atoms with van der Waals surface area (Å²) >= 11 is 0. The lowest BCUT2D eigenvalue weighted by molar-refractivity contribution is -0.134. The molecule has 2 aromatic carbocycles. The number of nitrogens with zero attached hydrogens (tertiary/aromatic N) is 2. The standard InChI is InChI=1S/C23H27N3O3/c1-16-14-25(15-17(2)29-16)20-11-9-19(10-12-20)24-22(27)23(28)26-13-5-7-18-6-3-4-8-21(18)26/h3-4,6,8-12,16-17H,5,7,13-15H2,1-2H3,(H,24,27)/t16-,17+. The van der Waals surface area contributed by atoms with E-state index in [0.717, 1.165) is 42.9 Å². The highest BCUT2D eigenvalue weighted by molar-refractivity contribution is 6.44. The quantitative estimate of drug-likeness (QED) is 0.796. The van der Waals surface area contributed by atoms with Gasteiger partial charge in [0, 0.05) is 36.7 Å². The van der Waals surface area contributed by atoms with E-state index in [1.54, 1.807) is 4.90 Å². The zero-order chi connectivity index (χ0) is 20.4. The Hall–Kier alpha value is -2.86. The van der Waals surface area contributed by atoms with E-state index in [0.29, 0.717) is 12.2 Å². The summed E-state index contributed by atoms with van der Waals surface area (Å²) in [5.74, 6) is -1.12. The molecule has 152 valence electrons. The molecular formula is C23H27N3O3. The topological polar surface area (TPSA) is 61.9 Å². The molecule has 1 N–H and O–H groups in total. The third kappa shape index (κ3) is 4.27. The van der Waals surface area contributed by atoms with Crippen molar-refractivity contribution in [1.29, 1.82) is 0 Å². The van der Waals surface area contributed by atoms with Crippen LogP contribution in [0.15, 0.2) is 48.5 Å². The number of ether oxygens (including phenoxy) is 1. The summed E-state index contributed by atoms with van der Waals surface area (Å²) in [6.45, 7) is 6.38. The smallest absolute Gasteiger partial charge is 0.316 e. The molecule has 6 heteroatoms. The van der Waals surface area contributed by atoms with Crippen molar-refractivity contribution in [3.8, 4) is 0 Å². The van der Waals surface area contributed by atoms with Gasteiger partial charge in [0.2, 0.25) is 0 Å². The van der Waals surface area contributed by atoms with E-state index in [4.69, 9.17) is 4.74 Å². The summed E-state index contributed by atoms with van der Waals surface area (Å²) in [6.07, 6.45) is 2.16. The molecule has 2 aliphatic rings. The lowest BCUT2D eigenvalue weighted by atomic mass is 10.0. The summed E-state index contributed by atoms with van der Waals surface area (Å²) in [5, 5.41) is 2.74. The van der Waals surface area contributed by atoms with Gasteiger partial charge in [-0.3, -0.25) is 9.59 Å². The minimum atomic E-state index is -0.608. The van der Waals surface area contributed by atoms with E-state index in [9.17, 15) is 9.59 Å². The minimum Gasteiger partial charge on any atom is -0.372 e. The van der Waals surface area contributed by atoms with Crippen molar-refractivity contribution >= 4 is 28.9 Å². The van der Waals surface area contributed by atoms with Crippen molar-refractivity contribution in [1.82, 2.24) is 0 Å². The number of morpholine rings is 1. The Balaban J connectivity index is 1.42. The Kier molecular flexibility index (Phi) is 5.53. The van der Waals surface area contributed by atoms with Crippen LogP contribution in [0.5, 0.6) is 0 Å². The van der Waals surface area contributed by atoms with Crippen LogP contribution in [0.3, 0.4) is 0 Å². The zero-order valence-corrected chi connectivity index (χ0v) is 16.9. The number of hydrogen-bond acceptors (Lipinski definition) is 4. The molecule has 1 saturated heterocycles. The number of benzene rings is 2. The minimum absolute atomic E-state index is 0.183.